The van der Waals surface area contributed by atoms with Gasteiger partial charge in [0.2, 0.25) is 0 Å². The van der Waals surface area contributed by atoms with Crippen molar-refractivity contribution in [3.05, 3.63) is 71.5 Å². The van der Waals surface area contributed by atoms with Crippen LogP contribution in [0, 0.1) is 5.82 Å². The molecule has 0 aliphatic heterocycles. The highest BCUT2D eigenvalue weighted by atomic mass is 35.5. The van der Waals surface area contributed by atoms with Gasteiger partial charge in [0.1, 0.15) is 5.82 Å². The van der Waals surface area contributed by atoms with Gasteiger partial charge < -0.3 is 10.6 Å². The summed E-state index contributed by atoms with van der Waals surface area (Å²) in [6.45, 7) is 0. The molecule has 0 radical (unpaired) electrons. The largest absolute Gasteiger partial charge is 0.332 e. The van der Waals surface area contributed by atoms with Crippen LogP contribution in [-0.2, 0) is 0 Å². The Balaban J connectivity index is 1.73. The Labute approximate surface area is 137 Å². The molecule has 0 spiro atoms. The van der Waals surface area contributed by atoms with E-state index in [1.54, 1.807) is 6.07 Å². The van der Waals surface area contributed by atoms with Gasteiger partial charge in [0, 0.05) is 11.4 Å². The van der Waals surface area contributed by atoms with E-state index in [1.807, 2.05) is 36.4 Å². The molecule has 3 aromatic carbocycles. The van der Waals surface area contributed by atoms with Gasteiger partial charge in [-0.2, -0.15) is 0 Å². The highest BCUT2D eigenvalue weighted by Gasteiger charge is 2.03. The predicted octanol–water partition coefficient (Wildman–Crippen LogP) is 5.44. The lowest BCUT2D eigenvalue weighted by molar-refractivity contribution is 0.628. The average Bonchev–Trinajstić information content (AvgIpc) is 2.51. The quantitative estimate of drug-likeness (QED) is 0.612. The third-order valence-corrected chi connectivity index (χ3v) is 3.68. The molecule has 0 saturated carbocycles. The van der Waals surface area contributed by atoms with Crippen molar-refractivity contribution in [2.24, 2.45) is 0 Å². The van der Waals surface area contributed by atoms with Crippen molar-refractivity contribution >= 4 is 51.1 Å². The van der Waals surface area contributed by atoms with E-state index >= 15 is 0 Å². The van der Waals surface area contributed by atoms with Gasteiger partial charge in [0.05, 0.1) is 5.02 Å². The molecular weight excluding hydrogens is 319 g/mol. The van der Waals surface area contributed by atoms with Crippen molar-refractivity contribution in [2.75, 3.05) is 10.6 Å². The third kappa shape index (κ3) is 3.35. The minimum absolute atomic E-state index is 0.0542. The SMILES string of the molecule is Fc1ccc(NC(=S)Nc2ccc3ccccc3c2)cc1Cl. The van der Waals surface area contributed by atoms with Crippen molar-refractivity contribution in [3.63, 3.8) is 0 Å². The number of hydrogen-bond acceptors (Lipinski definition) is 1. The van der Waals surface area contributed by atoms with Gasteiger partial charge in [-0.05, 0) is 53.3 Å². The van der Waals surface area contributed by atoms with Crippen LogP contribution in [-0.4, -0.2) is 5.11 Å². The highest BCUT2D eigenvalue weighted by Crippen LogP contribution is 2.21. The van der Waals surface area contributed by atoms with Crippen LogP contribution in [0.1, 0.15) is 0 Å². The number of fused-ring (bicyclic) bond motifs is 1. The lowest BCUT2D eigenvalue weighted by Gasteiger charge is -2.11. The molecule has 2 N–H and O–H groups in total. The third-order valence-electron chi connectivity index (χ3n) is 3.18. The summed E-state index contributed by atoms with van der Waals surface area (Å²) in [7, 11) is 0. The molecule has 0 unspecified atom stereocenters. The fourth-order valence-electron chi connectivity index (χ4n) is 2.13. The van der Waals surface area contributed by atoms with Crippen LogP contribution in [0.5, 0.6) is 0 Å². The van der Waals surface area contributed by atoms with Gasteiger partial charge in [-0.15, -0.1) is 0 Å². The Morgan fingerprint density at radius 3 is 2.23 bits per heavy atom. The first-order valence-electron chi connectivity index (χ1n) is 6.64. The van der Waals surface area contributed by atoms with Crippen LogP contribution in [0.15, 0.2) is 60.7 Å². The molecule has 0 heterocycles. The summed E-state index contributed by atoms with van der Waals surface area (Å²) >= 11 is 11.0. The summed E-state index contributed by atoms with van der Waals surface area (Å²) < 4.78 is 13.1. The van der Waals surface area contributed by atoms with Crippen molar-refractivity contribution in [1.29, 1.82) is 0 Å². The van der Waals surface area contributed by atoms with E-state index in [1.165, 1.54) is 12.1 Å². The molecule has 3 aromatic rings. The number of anilines is 2. The van der Waals surface area contributed by atoms with E-state index in [4.69, 9.17) is 23.8 Å². The molecule has 0 amide bonds. The summed E-state index contributed by atoms with van der Waals surface area (Å²) in [5.74, 6) is -0.458. The summed E-state index contributed by atoms with van der Waals surface area (Å²) in [6.07, 6.45) is 0. The van der Waals surface area contributed by atoms with Gasteiger partial charge in [0.25, 0.3) is 0 Å². The molecule has 0 aromatic heterocycles. The molecule has 0 aliphatic rings. The van der Waals surface area contributed by atoms with Crippen LogP contribution in [0.2, 0.25) is 5.02 Å². The van der Waals surface area contributed by atoms with E-state index in [0.29, 0.717) is 10.8 Å². The van der Waals surface area contributed by atoms with Gasteiger partial charge in [-0.25, -0.2) is 4.39 Å². The minimum Gasteiger partial charge on any atom is -0.332 e. The van der Waals surface area contributed by atoms with Crippen molar-refractivity contribution in [1.82, 2.24) is 0 Å². The van der Waals surface area contributed by atoms with Crippen molar-refractivity contribution in [3.8, 4) is 0 Å². The zero-order valence-electron chi connectivity index (χ0n) is 11.4. The Hall–Kier alpha value is -2.17. The van der Waals surface area contributed by atoms with Crippen molar-refractivity contribution in [2.45, 2.75) is 0 Å². The fraction of sp³-hybridized carbons (Fsp3) is 0. The molecule has 2 nitrogen and oxygen atoms in total. The molecule has 3 rings (SSSR count). The Bertz CT molecular complexity index is 851. The summed E-state index contributed by atoms with van der Waals surface area (Å²) in [4.78, 5) is 0. The first-order chi connectivity index (χ1) is 10.6. The first-order valence-corrected chi connectivity index (χ1v) is 7.42. The number of thiocarbonyl (C=S) groups is 1. The highest BCUT2D eigenvalue weighted by molar-refractivity contribution is 7.80. The standard InChI is InChI=1S/C17H12ClFN2S/c18-15-10-14(7-8-16(15)19)21-17(22)20-13-6-5-11-3-1-2-4-12(11)9-13/h1-10H,(H2,20,21,22). The molecule has 0 fully saturated rings. The van der Waals surface area contributed by atoms with Gasteiger partial charge in [-0.3, -0.25) is 0 Å². The lowest BCUT2D eigenvalue weighted by atomic mass is 10.1. The van der Waals surface area contributed by atoms with Crippen LogP contribution in [0.4, 0.5) is 15.8 Å². The van der Waals surface area contributed by atoms with E-state index in [2.05, 4.69) is 16.7 Å². The van der Waals surface area contributed by atoms with Crippen LogP contribution in [0.25, 0.3) is 10.8 Å². The zero-order chi connectivity index (χ0) is 15.5. The number of halogens is 2. The molecule has 0 saturated heterocycles. The lowest BCUT2D eigenvalue weighted by Crippen LogP contribution is -2.19. The maximum Gasteiger partial charge on any atom is 0.175 e. The Kier molecular flexibility index (Phi) is 4.22. The van der Waals surface area contributed by atoms with Crippen LogP contribution in [0.3, 0.4) is 0 Å². The van der Waals surface area contributed by atoms with E-state index in [9.17, 15) is 4.39 Å². The first kappa shape index (κ1) is 14.8. The summed E-state index contributed by atoms with van der Waals surface area (Å²) in [5.41, 5.74) is 1.51. The second kappa shape index (κ2) is 6.30. The van der Waals surface area contributed by atoms with E-state index in [-0.39, 0.29) is 5.02 Å². The van der Waals surface area contributed by atoms with Crippen LogP contribution < -0.4 is 10.6 Å². The molecule has 0 bridgehead atoms. The van der Waals surface area contributed by atoms with Crippen molar-refractivity contribution < 1.29 is 4.39 Å². The molecule has 0 atom stereocenters. The summed E-state index contributed by atoms with van der Waals surface area (Å²) in [5, 5.41) is 8.83. The van der Waals surface area contributed by atoms with E-state index in [0.717, 1.165) is 16.5 Å². The zero-order valence-corrected chi connectivity index (χ0v) is 13.0. The van der Waals surface area contributed by atoms with Gasteiger partial charge >= 0.3 is 0 Å². The van der Waals surface area contributed by atoms with Gasteiger partial charge in [-0.1, -0.05) is 41.9 Å². The smallest absolute Gasteiger partial charge is 0.175 e. The topological polar surface area (TPSA) is 24.1 Å². The number of nitrogens with one attached hydrogen (secondary N) is 2. The molecule has 110 valence electrons. The maximum atomic E-state index is 13.1. The monoisotopic (exact) mass is 330 g/mol. The van der Waals surface area contributed by atoms with E-state index < -0.39 is 5.82 Å². The second-order valence-corrected chi connectivity index (χ2v) is 5.59. The normalized spacial score (nSPS) is 10.5. The van der Waals surface area contributed by atoms with Crippen LogP contribution >= 0.6 is 23.8 Å². The summed E-state index contributed by atoms with van der Waals surface area (Å²) in [6, 6.07) is 18.4. The minimum atomic E-state index is -0.458. The molecule has 5 heteroatoms. The van der Waals surface area contributed by atoms with Gasteiger partial charge in [0.15, 0.2) is 5.11 Å². The Morgan fingerprint density at radius 1 is 0.864 bits per heavy atom. The molecule has 22 heavy (non-hydrogen) atoms. The molecule has 0 aliphatic carbocycles. The second-order valence-electron chi connectivity index (χ2n) is 4.77. The number of benzene rings is 3. The maximum absolute atomic E-state index is 13.1. The Morgan fingerprint density at radius 2 is 1.50 bits per heavy atom. The predicted molar refractivity (Wildman–Crippen MR) is 95.2 cm³/mol. The molecular formula is C17H12ClFN2S. The number of hydrogen-bond donors (Lipinski definition) is 2. The number of rotatable bonds is 2. The average molecular weight is 331 g/mol. The fourth-order valence-corrected chi connectivity index (χ4v) is 2.55.